The van der Waals surface area contributed by atoms with Gasteiger partial charge in [0.25, 0.3) is 5.91 Å². The Labute approximate surface area is 138 Å². The van der Waals surface area contributed by atoms with Crippen LogP contribution < -0.4 is 5.32 Å². The zero-order valence-corrected chi connectivity index (χ0v) is 14.0. The van der Waals surface area contributed by atoms with Crippen molar-refractivity contribution in [2.75, 3.05) is 0 Å². The van der Waals surface area contributed by atoms with Crippen molar-refractivity contribution in [1.29, 1.82) is 0 Å². The topological polar surface area (TPSA) is 57.8 Å². The minimum Gasteiger partial charge on any atom is -0.345 e. The van der Waals surface area contributed by atoms with Gasteiger partial charge in [-0.2, -0.15) is 0 Å². The van der Waals surface area contributed by atoms with E-state index in [4.69, 9.17) is 0 Å². The van der Waals surface area contributed by atoms with Crippen molar-refractivity contribution in [1.82, 2.24) is 15.3 Å². The minimum absolute atomic E-state index is 0.141. The molecule has 0 aliphatic heterocycles. The standard InChI is InChI=1S/C15H11Br2N3O/c16-10-5-9(6-11(17)7-10)15(21)18-8-14-19-12-3-1-2-4-13(12)20-14/h1-7H,8H2,(H,18,21)(H,19,20). The minimum atomic E-state index is -0.141. The Balaban J connectivity index is 1.73. The fourth-order valence-corrected chi connectivity index (χ4v) is 3.33. The van der Waals surface area contributed by atoms with Crippen molar-refractivity contribution < 1.29 is 4.79 Å². The number of nitrogens with one attached hydrogen (secondary N) is 2. The van der Waals surface area contributed by atoms with Crippen LogP contribution >= 0.6 is 31.9 Å². The van der Waals surface area contributed by atoms with Gasteiger partial charge in [-0.05, 0) is 30.3 Å². The molecule has 0 fully saturated rings. The quantitative estimate of drug-likeness (QED) is 0.687. The van der Waals surface area contributed by atoms with E-state index in [1.807, 2.05) is 30.3 Å². The van der Waals surface area contributed by atoms with Gasteiger partial charge in [0.15, 0.2) is 0 Å². The van der Waals surface area contributed by atoms with Crippen LogP contribution in [0.5, 0.6) is 0 Å². The van der Waals surface area contributed by atoms with Crippen LogP contribution in [0.15, 0.2) is 51.4 Å². The molecule has 4 nitrogen and oxygen atoms in total. The number of carbonyl (C=O) groups excluding carboxylic acids is 1. The number of fused-ring (bicyclic) bond motifs is 1. The van der Waals surface area contributed by atoms with Gasteiger partial charge < -0.3 is 10.3 Å². The number of benzene rings is 2. The largest absolute Gasteiger partial charge is 0.345 e. The second-order valence-corrected chi connectivity index (χ2v) is 6.37. The van der Waals surface area contributed by atoms with Crippen LogP contribution in [0.2, 0.25) is 0 Å². The molecule has 1 heterocycles. The van der Waals surface area contributed by atoms with Crippen LogP contribution in [0, 0.1) is 0 Å². The zero-order valence-electron chi connectivity index (χ0n) is 10.9. The molecule has 3 rings (SSSR count). The third-order valence-electron chi connectivity index (χ3n) is 2.98. The third-order valence-corrected chi connectivity index (χ3v) is 3.90. The molecule has 6 heteroatoms. The summed E-state index contributed by atoms with van der Waals surface area (Å²) in [6.45, 7) is 0.359. The number of rotatable bonds is 3. The van der Waals surface area contributed by atoms with E-state index in [1.54, 1.807) is 12.1 Å². The summed E-state index contributed by atoms with van der Waals surface area (Å²) >= 11 is 6.74. The smallest absolute Gasteiger partial charge is 0.251 e. The number of aromatic nitrogens is 2. The molecule has 0 aliphatic carbocycles. The van der Waals surface area contributed by atoms with Gasteiger partial charge in [-0.15, -0.1) is 0 Å². The lowest BCUT2D eigenvalue weighted by Gasteiger charge is -2.04. The molecule has 0 aliphatic rings. The molecule has 0 bridgehead atoms. The maximum absolute atomic E-state index is 12.1. The maximum Gasteiger partial charge on any atom is 0.251 e. The molecule has 0 saturated heterocycles. The van der Waals surface area contributed by atoms with E-state index in [9.17, 15) is 4.79 Å². The van der Waals surface area contributed by atoms with E-state index in [0.717, 1.165) is 25.8 Å². The van der Waals surface area contributed by atoms with Gasteiger partial charge in [0.2, 0.25) is 0 Å². The van der Waals surface area contributed by atoms with Gasteiger partial charge in [-0.1, -0.05) is 44.0 Å². The molecule has 1 aromatic heterocycles. The molecule has 0 unspecified atom stereocenters. The highest BCUT2D eigenvalue weighted by Gasteiger charge is 2.09. The highest BCUT2D eigenvalue weighted by molar-refractivity contribution is 9.11. The van der Waals surface area contributed by atoms with Crippen LogP contribution in [0.4, 0.5) is 0 Å². The number of imidazole rings is 1. The molecule has 1 amide bonds. The Morgan fingerprint density at radius 2 is 1.86 bits per heavy atom. The second kappa shape index (κ2) is 5.99. The lowest BCUT2D eigenvalue weighted by atomic mass is 10.2. The van der Waals surface area contributed by atoms with E-state index >= 15 is 0 Å². The molecule has 21 heavy (non-hydrogen) atoms. The van der Waals surface area contributed by atoms with E-state index in [2.05, 4.69) is 47.1 Å². The molecule has 0 radical (unpaired) electrons. The van der Waals surface area contributed by atoms with E-state index in [-0.39, 0.29) is 5.91 Å². The Morgan fingerprint density at radius 1 is 1.14 bits per heavy atom. The van der Waals surface area contributed by atoms with Gasteiger partial charge in [-0.3, -0.25) is 4.79 Å². The third kappa shape index (κ3) is 3.33. The summed E-state index contributed by atoms with van der Waals surface area (Å²) in [7, 11) is 0. The maximum atomic E-state index is 12.1. The highest BCUT2D eigenvalue weighted by atomic mass is 79.9. The molecule has 0 saturated carbocycles. The number of carbonyl (C=O) groups is 1. The number of nitrogens with zero attached hydrogens (tertiary/aromatic N) is 1. The van der Waals surface area contributed by atoms with Crippen molar-refractivity contribution in [3.63, 3.8) is 0 Å². The lowest BCUT2D eigenvalue weighted by molar-refractivity contribution is 0.0950. The van der Waals surface area contributed by atoms with Gasteiger partial charge >= 0.3 is 0 Å². The number of para-hydroxylation sites is 2. The predicted molar refractivity (Wildman–Crippen MR) is 89.1 cm³/mol. The van der Waals surface area contributed by atoms with Crippen molar-refractivity contribution in [2.24, 2.45) is 0 Å². The van der Waals surface area contributed by atoms with Crippen molar-refractivity contribution >= 4 is 48.8 Å². The Bertz CT molecular complexity index is 760. The number of halogens is 2. The number of H-pyrrole nitrogens is 1. The Kier molecular flexibility index (Phi) is 4.07. The fourth-order valence-electron chi connectivity index (χ4n) is 2.04. The van der Waals surface area contributed by atoms with E-state index in [0.29, 0.717) is 12.1 Å². The van der Waals surface area contributed by atoms with Crippen molar-refractivity contribution in [2.45, 2.75) is 6.54 Å². The molecule has 3 aromatic rings. The van der Waals surface area contributed by atoms with Crippen molar-refractivity contribution in [3.05, 3.63) is 62.8 Å². The summed E-state index contributed by atoms with van der Waals surface area (Å²) in [5.41, 5.74) is 2.45. The number of hydrogen-bond donors (Lipinski definition) is 2. The van der Waals surface area contributed by atoms with Gasteiger partial charge in [0, 0.05) is 14.5 Å². The summed E-state index contributed by atoms with van der Waals surface area (Å²) in [4.78, 5) is 19.7. The van der Waals surface area contributed by atoms with E-state index < -0.39 is 0 Å². The monoisotopic (exact) mass is 407 g/mol. The highest BCUT2D eigenvalue weighted by Crippen LogP contribution is 2.20. The van der Waals surface area contributed by atoms with Crippen molar-refractivity contribution in [3.8, 4) is 0 Å². The number of amides is 1. The second-order valence-electron chi connectivity index (χ2n) is 4.54. The predicted octanol–water partition coefficient (Wildman–Crippen LogP) is 4.02. The first-order valence-corrected chi connectivity index (χ1v) is 7.88. The van der Waals surface area contributed by atoms with Gasteiger partial charge in [0.05, 0.1) is 17.6 Å². The molecule has 2 aromatic carbocycles. The molecular formula is C15H11Br2N3O. The average molecular weight is 409 g/mol. The average Bonchev–Trinajstić information content (AvgIpc) is 2.86. The van der Waals surface area contributed by atoms with Crippen LogP contribution in [0.1, 0.15) is 16.2 Å². The fraction of sp³-hybridized carbons (Fsp3) is 0.0667. The summed E-state index contributed by atoms with van der Waals surface area (Å²) in [5, 5.41) is 2.86. The Hall–Kier alpha value is -1.66. The van der Waals surface area contributed by atoms with E-state index in [1.165, 1.54) is 0 Å². The summed E-state index contributed by atoms with van der Waals surface area (Å²) < 4.78 is 1.71. The molecule has 0 atom stereocenters. The first kappa shape index (κ1) is 14.3. The first-order valence-electron chi connectivity index (χ1n) is 6.30. The van der Waals surface area contributed by atoms with Crippen LogP contribution in [0.3, 0.4) is 0 Å². The normalized spacial score (nSPS) is 10.8. The Morgan fingerprint density at radius 3 is 2.57 bits per heavy atom. The first-order chi connectivity index (χ1) is 10.1. The number of aromatic amines is 1. The lowest BCUT2D eigenvalue weighted by Crippen LogP contribution is -2.23. The van der Waals surface area contributed by atoms with Crippen LogP contribution in [0.25, 0.3) is 11.0 Å². The number of hydrogen-bond acceptors (Lipinski definition) is 2. The van der Waals surface area contributed by atoms with Gasteiger partial charge in [0.1, 0.15) is 5.82 Å². The zero-order chi connectivity index (χ0) is 14.8. The molecule has 0 spiro atoms. The molecular weight excluding hydrogens is 398 g/mol. The summed E-state index contributed by atoms with van der Waals surface area (Å²) in [6.07, 6.45) is 0. The molecule has 2 N–H and O–H groups in total. The van der Waals surface area contributed by atoms with Gasteiger partial charge in [-0.25, -0.2) is 4.98 Å². The van der Waals surface area contributed by atoms with Crippen LogP contribution in [-0.2, 0) is 6.54 Å². The summed E-state index contributed by atoms with van der Waals surface area (Å²) in [5.74, 6) is 0.594. The molecule has 106 valence electrons. The van der Waals surface area contributed by atoms with Crippen LogP contribution in [-0.4, -0.2) is 15.9 Å². The summed E-state index contributed by atoms with van der Waals surface area (Å²) in [6, 6.07) is 13.2. The SMILES string of the molecule is O=C(NCc1nc2ccccc2[nH]1)c1cc(Br)cc(Br)c1.